The Morgan fingerprint density at radius 3 is 3.00 bits per heavy atom. The molecule has 2 aromatic heterocycles. The van der Waals surface area contributed by atoms with Crippen molar-refractivity contribution in [3.8, 4) is 0 Å². The quantitative estimate of drug-likeness (QED) is 0.774. The van der Waals surface area contributed by atoms with Gasteiger partial charge in [0.1, 0.15) is 10.7 Å². The van der Waals surface area contributed by atoms with Crippen LogP contribution < -0.4 is 16.4 Å². The van der Waals surface area contributed by atoms with Crippen molar-refractivity contribution in [1.82, 2.24) is 15.3 Å². The van der Waals surface area contributed by atoms with Crippen LogP contribution in [0.1, 0.15) is 15.4 Å². The van der Waals surface area contributed by atoms with E-state index < -0.39 is 0 Å². The van der Waals surface area contributed by atoms with Crippen molar-refractivity contribution in [2.75, 3.05) is 18.1 Å². The molecule has 0 spiro atoms. The van der Waals surface area contributed by atoms with Gasteiger partial charge >= 0.3 is 0 Å². The fraction of sp³-hybridized carbons (Fsp3) is 0.222. The number of thiazole rings is 2. The van der Waals surface area contributed by atoms with Crippen LogP contribution in [0.5, 0.6) is 0 Å². The molecule has 1 amide bonds. The number of hydrogen-bond donors (Lipinski definition) is 3. The second kappa shape index (κ2) is 5.11. The summed E-state index contributed by atoms with van der Waals surface area (Å²) in [5, 5.41) is 8.11. The van der Waals surface area contributed by atoms with Gasteiger partial charge in [-0.1, -0.05) is 11.3 Å². The molecule has 0 bridgehead atoms. The third-order valence-corrected chi connectivity index (χ3v) is 3.71. The maximum absolute atomic E-state index is 11.8. The van der Waals surface area contributed by atoms with Gasteiger partial charge in [0.15, 0.2) is 5.13 Å². The summed E-state index contributed by atoms with van der Waals surface area (Å²) in [7, 11) is 1.73. The summed E-state index contributed by atoms with van der Waals surface area (Å²) in [6, 6.07) is 0. The summed E-state index contributed by atoms with van der Waals surface area (Å²) in [5.74, 6) is 0.0182. The lowest BCUT2D eigenvalue weighted by molar-refractivity contribution is 0.0955. The molecular formula is C9H11N5OS2. The predicted molar refractivity (Wildman–Crippen MR) is 69.4 cm³/mol. The van der Waals surface area contributed by atoms with Crippen molar-refractivity contribution < 1.29 is 4.79 Å². The first-order valence-electron chi connectivity index (χ1n) is 4.80. The van der Waals surface area contributed by atoms with E-state index in [0.717, 1.165) is 5.69 Å². The highest BCUT2D eigenvalue weighted by Crippen LogP contribution is 2.24. The summed E-state index contributed by atoms with van der Waals surface area (Å²) in [6.45, 7) is 0.397. The van der Waals surface area contributed by atoms with E-state index in [2.05, 4.69) is 20.6 Å². The summed E-state index contributed by atoms with van der Waals surface area (Å²) < 4.78 is 0. The predicted octanol–water partition coefficient (Wildman–Crippen LogP) is 1.15. The number of nitrogen functional groups attached to an aromatic ring is 1. The molecule has 2 heterocycles. The fourth-order valence-electron chi connectivity index (χ4n) is 1.18. The summed E-state index contributed by atoms with van der Waals surface area (Å²) in [5.41, 5.74) is 8.21. The Kier molecular flexibility index (Phi) is 3.55. The van der Waals surface area contributed by atoms with Crippen LogP contribution in [0.4, 0.5) is 10.9 Å². The number of carbonyl (C=O) groups excluding carboxylic acids is 1. The average molecular weight is 269 g/mol. The van der Waals surface area contributed by atoms with Crippen LogP contribution in [0, 0.1) is 0 Å². The van der Waals surface area contributed by atoms with E-state index in [1.807, 2.05) is 5.38 Å². The number of anilines is 2. The molecule has 0 fully saturated rings. The van der Waals surface area contributed by atoms with E-state index in [1.165, 1.54) is 22.7 Å². The molecule has 6 nitrogen and oxygen atoms in total. The molecule has 0 aromatic carbocycles. The Bertz CT molecular complexity index is 507. The largest absolute Gasteiger partial charge is 0.382 e. The highest BCUT2D eigenvalue weighted by molar-refractivity contribution is 7.18. The first-order chi connectivity index (χ1) is 8.20. The lowest BCUT2D eigenvalue weighted by Gasteiger charge is -2.00. The van der Waals surface area contributed by atoms with Crippen molar-refractivity contribution >= 4 is 39.5 Å². The lowest BCUT2D eigenvalue weighted by atomic mass is 10.4. The first-order valence-corrected chi connectivity index (χ1v) is 6.56. The Hall–Kier alpha value is -1.67. The first kappa shape index (κ1) is 11.8. The number of rotatable bonds is 4. The van der Waals surface area contributed by atoms with E-state index in [0.29, 0.717) is 16.6 Å². The van der Waals surface area contributed by atoms with Crippen LogP contribution in [0.2, 0.25) is 0 Å². The molecule has 0 unspecified atom stereocenters. The molecule has 8 heteroatoms. The van der Waals surface area contributed by atoms with Crippen LogP contribution >= 0.6 is 22.7 Å². The van der Waals surface area contributed by atoms with Gasteiger partial charge in [-0.05, 0) is 0 Å². The van der Waals surface area contributed by atoms with Gasteiger partial charge in [-0.25, -0.2) is 9.97 Å². The molecule has 0 saturated carbocycles. The maximum Gasteiger partial charge on any atom is 0.265 e. The van der Waals surface area contributed by atoms with Crippen molar-refractivity contribution in [3.05, 3.63) is 21.5 Å². The number of hydrogen-bond acceptors (Lipinski definition) is 7. The van der Waals surface area contributed by atoms with Gasteiger partial charge in [0.05, 0.1) is 17.7 Å². The standard InChI is InChI=1S/C9H11N5OS2/c1-11-9-14-7(10)6(17-9)8(15)12-2-5-3-16-4-13-5/h3-4H,2,10H2,1H3,(H,11,14)(H,12,15). The molecule has 2 rings (SSSR count). The normalized spacial score (nSPS) is 10.2. The van der Waals surface area contributed by atoms with Crippen molar-refractivity contribution in [1.29, 1.82) is 0 Å². The van der Waals surface area contributed by atoms with Crippen molar-refractivity contribution in [2.24, 2.45) is 0 Å². The van der Waals surface area contributed by atoms with Crippen LogP contribution in [-0.2, 0) is 6.54 Å². The smallest absolute Gasteiger partial charge is 0.265 e. The number of nitrogens with two attached hydrogens (primary N) is 1. The highest BCUT2D eigenvalue weighted by Gasteiger charge is 2.15. The minimum absolute atomic E-state index is 0.227. The van der Waals surface area contributed by atoms with Crippen LogP contribution in [0.25, 0.3) is 0 Å². The van der Waals surface area contributed by atoms with E-state index >= 15 is 0 Å². The Balaban J connectivity index is 2.01. The van der Waals surface area contributed by atoms with Gasteiger partial charge in [-0.15, -0.1) is 11.3 Å². The van der Waals surface area contributed by atoms with E-state index in [1.54, 1.807) is 12.6 Å². The highest BCUT2D eigenvalue weighted by atomic mass is 32.1. The third-order valence-electron chi connectivity index (χ3n) is 1.99. The Morgan fingerprint density at radius 1 is 1.59 bits per heavy atom. The molecule has 0 atom stereocenters. The minimum atomic E-state index is -0.227. The Labute approximate surface area is 106 Å². The van der Waals surface area contributed by atoms with E-state index in [9.17, 15) is 4.79 Å². The maximum atomic E-state index is 11.8. The van der Waals surface area contributed by atoms with E-state index in [4.69, 9.17) is 5.73 Å². The Morgan fingerprint density at radius 2 is 2.41 bits per heavy atom. The van der Waals surface area contributed by atoms with Gasteiger partial charge in [0, 0.05) is 12.4 Å². The summed E-state index contributed by atoms with van der Waals surface area (Å²) in [4.78, 5) is 20.3. The SMILES string of the molecule is CNc1nc(N)c(C(=O)NCc2cscn2)s1. The number of amides is 1. The summed E-state index contributed by atoms with van der Waals surface area (Å²) >= 11 is 2.72. The van der Waals surface area contributed by atoms with Crippen LogP contribution in [0.15, 0.2) is 10.9 Å². The van der Waals surface area contributed by atoms with Crippen LogP contribution in [0.3, 0.4) is 0 Å². The van der Waals surface area contributed by atoms with Crippen LogP contribution in [-0.4, -0.2) is 22.9 Å². The molecule has 2 aromatic rings. The molecule has 0 saturated heterocycles. The van der Waals surface area contributed by atoms with Gasteiger partial charge in [-0.3, -0.25) is 4.79 Å². The summed E-state index contributed by atoms with van der Waals surface area (Å²) in [6.07, 6.45) is 0. The minimum Gasteiger partial charge on any atom is -0.382 e. The zero-order valence-corrected chi connectivity index (χ0v) is 10.7. The topological polar surface area (TPSA) is 92.9 Å². The molecule has 90 valence electrons. The number of aromatic nitrogens is 2. The number of carbonyl (C=O) groups is 1. The van der Waals surface area contributed by atoms with Crippen molar-refractivity contribution in [2.45, 2.75) is 6.54 Å². The monoisotopic (exact) mass is 269 g/mol. The second-order valence-electron chi connectivity index (χ2n) is 3.15. The van der Waals surface area contributed by atoms with Crippen molar-refractivity contribution in [3.63, 3.8) is 0 Å². The fourth-order valence-corrected chi connectivity index (χ4v) is 2.49. The van der Waals surface area contributed by atoms with Gasteiger partial charge in [0.25, 0.3) is 5.91 Å². The molecular weight excluding hydrogens is 258 g/mol. The molecule has 0 radical (unpaired) electrons. The molecule has 17 heavy (non-hydrogen) atoms. The molecule has 0 aliphatic rings. The lowest BCUT2D eigenvalue weighted by Crippen LogP contribution is -2.22. The average Bonchev–Trinajstić information content (AvgIpc) is 2.94. The van der Waals surface area contributed by atoms with Gasteiger partial charge in [0.2, 0.25) is 0 Å². The molecule has 0 aliphatic carbocycles. The van der Waals surface area contributed by atoms with E-state index in [-0.39, 0.29) is 11.7 Å². The molecule has 0 aliphatic heterocycles. The molecule has 4 N–H and O–H groups in total. The second-order valence-corrected chi connectivity index (χ2v) is 4.86. The number of nitrogens with zero attached hydrogens (tertiary/aromatic N) is 2. The van der Waals surface area contributed by atoms with Gasteiger partial charge < -0.3 is 16.4 Å². The van der Waals surface area contributed by atoms with Gasteiger partial charge in [-0.2, -0.15) is 0 Å². The zero-order chi connectivity index (χ0) is 12.3. The zero-order valence-electron chi connectivity index (χ0n) is 9.06. The number of nitrogens with one attached hydrogen (secondary N) is 2. The third kappa shape index (κ3) is 2.71.